The molecule has 2 aromatic rings. The smallest absolute Gasteiger partial charge is 0.224 e. The summed E-state index contributed by atoms with van der Waals surface area (Å²) in [7, 11) is 0. The Morgan fingerprint density at radius 2 is 1.53 bits per heavy atom. The summed E-state index contributed by atoms with van der Waals surface area (Å²) in [6.07, 6.45) is 8.47. The van der Waals surface area contributed by atoms with Crippen molar-refractivity contribution in [3.8, 4) is 0 Å². The van der Waals surface area contributed by atoms with Crippen LogP contribution >= 0.6 is 0 Å². The van der Waals surface area contributed by atoms with Gasteiger partial charge in [-0.2, -0.15) is 5.22 Å². The minimum absolute atomic E-state index is 0. The average molecular weight is 201 g/mol. The first-order valence-corrected chi connectivity index (χ1v) is 4.81. The number of hydrogen-bond donors (Lipinski definition) is 0. The van der Waals surface area contributed by atoms with Gasteiger partial charge in [-0.1, -0.05) is 36.8 Å². The van der Waals surface area contributed by atoms with E-state index in [1.807, 2.05) is 0 Å². The minimum Gasteiger partial charge on any atom is -0.224 e. The fourth-order valence-electron chi connectivity index (χ4n) is 1.88. The van der Waals surface area contributed by atoms with E-state index in [1.54, 1.807) is 0 Å². The van der Waals surface area contributed by atoms with Gasteiger partial charge in [-0.05, 0) is 10.8 Å². The summed E-state index contributed by atoms with van der Waals surface area (Å²) in [6.45, 7) is 0. The van der Waals surface area contributed by atoms with E-state index in [0.29, 0.717) is 0 Å². The first-order chi connectivity index (χ1) is 6.93. The Morgan fingerprint density at radius 1 is 0.867 bits per heavy atom. The summed E-state index contributed by atoms with van der Waals surface area (Å²) >= 11 is 0. The molecule has 1 heteroatoms. The molecule has 0 aliphatic heterocycles. The van der Waals surface area contributed by atoms with Crippen molar-refractivity contribution in [2.75, 3.05) is 0 Å². The fourth-order valence-corrected chi connectivity index (χ4v) is 1.88. The molecule has 1 aliphatic rings. The van der Waals surface area contributed by atoms with Crippen molar-refractivity contribution in [3.63, 3.8) is 0 Å². The van der Waals surface area contributed by atoms with Crippen LogP contribution in [0.3, 0.4) is 0 Å². The molecule has 0 heterocycles. The predicted molar refractivity (Wildman–Crippen MR) is 60.7 cm³/mol. The molecule has 0 spiro atoms. The van der Waals surface area contributed by atoms with Crippen LogP contribution in [0, 0.1) is 12.8 Å². The van der Waals surface area contributed by atoms with E-state index in [1.165, 1.54) is 21.2 Å². The van der Waals surface area contributed by atoms with Gasteiger partial charge in [0.05, 0.1) is 0 Å². The normalized spacial score (nSPS) is 12.8. The zero-order chi connectivity index (χ0) is 9.38. The molecule has 15 heavy (non-hydrogen) atoms. The summed E-state index contributed by atoms with van der Waals surface area (Å²) in [4.78, 5) is 0. The Morgan fingerprint density at radius 3 is 2.27 bits per heavy atom. The van der Waals surface area contributed by atoms with Gasteiger partial charge in [-0.3, -0.25) is 0 Å². The van der Waals surface area contributed by atoms with Crippen molar-refractivity contribution in [1.82, 2.24) is 0 Å². The topological polar surface area (TPSA) is 0 Å². The SMILES string of the molecule is [CH]1C=c2cc3ccccc3cc2=C[CH-]1.[Na+]. The van der Waals surface area contributed by atoms with E-state index >= 15 is 0 Å². The van der Waals surface area contributed by atoms with E-state index in [2.05, 4.69) is 61.4 Å². The van der Waals surface area contributed by atoms with Crippen LogP contribution in [0.15, 0.2) is 36.4 Å². The summed E-state index contributed by atoms with van der Waals surface area (Å²) in [5, 5.41) is 5.25. The number of rotatable bonds is 0. The maximum Gasteiger partial charge on any atom is 1.00 e. The molecule has 0 fully saturated rings. The zero-order valence-electron chi connectivity index (χ0n) is 8.77. The summed E-state index contributed by atoms with van der Waals surface area (Å²) < 4.78 is 0. The Kier molecular flexibility index (Phi) is 3.20. The molecule has 1 radical (unpaired) electrons. The molecular weight excluding hydrogens is 191 g/mol. The maximum absolute atomic E-state index is 2.24. The third-order valence-electron chi connectivity index (χ3n) is 2.61. The van der Waals surface area contributed by atoms with Crippen LogP contribution in [0.5, 0.6) is 0 Å². The molecule has 0 unspecified atom stereocenters. The molecule has 0 bridgehead atoms. The van der Waals surface area contributed by atoms with E-state index in [0.717, 1.165) is 0 Å². The second-order valence-electron chi connectivity index (χ2n) is 3.55. The van der Waals surface area contributed by atoms with Crippen LogP contribution in [0.2, 0.25) is 0 Å². The molecule has 0 amide bonds. The second-order valence-corrected chi connectivity index (χ2v) is 3.55. The van der Waals surface area contributed by atoms with Gasteiger partial charge in [0.2, 0.25) is 0 Å². The van der Waals surface area contributed by atoms with E-state index in [-0.39, 0.29) is 29.6 Å². The molecule has 0 nitrogen and oxygen atoms in total. The second kappa shape index (κ2) is 4.44. The van der Waals surface area contributed by atoms with Crippen LogP contribution in [-0.4, -0.2) is 0 Å². The molecule has 0 N–H and O–H groups in total. The van der Waals surface area contributed by atoms with Gasteiger partial charge >= 0.3 is 29.6 Å². The molecule has 67 valence electrons. The first-order valence-electron chi connectivity index (χ1n) is 4.81. The zero-order valence-corrected chi connectivity index (χ0v) is 10.8. The van der Waals surface area contributed by atoms with Crippen molar-refractivity contribution in [1.29, 1.82) is 0 Å². The summed E-state index contributed by atoms with van der Waals surface area (Å²) in [6, 6.07) is 13.0. The number of fused-ring (bicyclic) bond motifs is 2. The van der Waals surface area contributed by atoms with Crippen LogP contribution < -0.4 is 40.0 Å². The van der Waals surface area contributed by atoms with E-state index in [9.17, 15) is 0 Å². The van der Waals surface area contributed by atoms with E-state index < -0.39 is 0 Å². The van der Waals surface area contributed by atoms with Gasteiger partial charge in [0, 0.05) is 0 Å². The molecule has 3 rings (SSSR count). The van der Waals surface area contributed by atoms with Gasteiger partial charge < -0.3 is 0 Å². The van der Waals surface area contributed by atoms with Crippen molar-refractivity contribution in [2.24, 2.45) is 0 Å². The Bertz CT molecular complexity index is 542. The van der Waals surface area contributed by atoms with Crippen LogP contribution in [-0.2, 0) is 0 Å². The predicted octanol–water partition coefficient (Wildman–Crippen LogP) is -1.17. The molecule has 0 saturated carbocycles. The van der Waals surface area contributed by atoms with E-state index in [4.69, 9.17) is 0 Å². The first kappa shape index (κ1) is 10.8. The van der Waals surface area contributed by atoms with Gasteiger partial charge in [-0.25, -0.2) is 12.5 Å². The largest absolute Gasteiger partial charge is 1.00 e. The van der Waals surface area contributed by atoms with Gasteiger partial charge in [0.25, 0.3) is 0 Å². The quantitative estimate of drug-likeness (QED) is 0.372. The van der Waals surface area contributed by atoms with Crippen LogP contribution in [0.25, 0.3) is 22.9 Å². The maximum atomic E-state index is 2.24. The minimum atomic E-state index is 0. The Hall–Kier alpha value is -0.690. The molecule has 0 atom stereocenters. The van der Waals surface area contributed by atoms with Crippen LogP contribution in [0.1, 0.15) is 0 Å². The monoisotopic (exact) mass is 201 g/mol. The number of benzene rings is 2. The molecule has 0 saturated heterocycles. The van der Waals surface area contributed by atoms with Gasteiger partial charge in [0.1, 0.15) is 0 Å². The van der Waals surface area contributed by atoms with Gasteiger partial charge in [0.15, 0.2) is 0 Å². The van der Waals surface area contributed by atoms with Crippen LogP contribution in [0.4, 0.5) is 0 Å². The molecular formula is C14H10Na. The van der Waals surface area contributed by atoms with Crippen molar-refractivity contribution in [3.05, 3.63) is 59.7 Å². The van der Waals surface area contributed by atoms with Crippen molar-refractivity contribution >= 4 is 22.9 Å². The third-order valence-corrected chi connectivity index (χ3v) is 2.61. The molecule has 0 aromatic heterocycles. The standard InChI is InChI=1S/C14H10.Na/c1-2-6-12-10-14-8-4-3-7-13(14)9-11(12)5-1;/h1-10H;/q-1;+1. The van der Waals surface area contributed by atoms with Crippen molar-refractivity contribution < 1.29 is 29.6 Å². The molecule has 2 aromatic carbocycles. The third kappa shape index (κ3) is 1.98. The number of hydrogen-bond acceptors (Lipinski definition) is 0. The van der Waals surface area contributed by atoms with Gasteiger partial charge in [-0.15, -0.1) is 17.4 Å². The Balaban J connectivity index is 0.000000853. The van der Waals surface area contributed by atoms with Crippen molar-refractivity contribution in [2.45, 2.75) is 0 Å². The summed E-state index contributed by atoms with van der Waals surface area (Å²) in [5.41, 5.74) is 0. The Labute approximate surface area is 112 Å². The summed E-state index contributed by atoms with van der Waals surface area (Å²) in [5.74, 6) is 0. The average Bonchev–Trinajstić information content (AvgIpc) is 2.26. The fraction of sp³-hybridized carbons (Fsp3) is 0. The molecule has 1 aliphatic carbocycles.